The average Bonchev–Trinajstić information content (AvgIpc) is 2.68. The Hall–Kier alpha value is 0.110. The molecule has 0 amide bonds. The summed E-state index contributed by atoms with van der Waals surface area (Å²) in [6.45, 7) is 0.485. The van der Waals surface area contributed by atoms with Crippen LogP contribution < -0.4 is 0 Å². The molecule has 0 bridgehead atoms. The lowest BCUT2D eigenvalue weighted by atomic mass is 11.0. The molecule has 0 aromatic heterocycles. The third kappa shape index (κ3) is 1.33. The molecule has 5 heteroatoms. The van der Waals surface area contributed by atoms with E-state index in [9.17, 15) is 4.57 Å². The van der Waals surface area contributed by atoms with E-state index < -0.39 is 7.60 Å². The fraction of sp³-hybridized carbons (Fsp3) is 1.00. The summed E-state index contributed by atoms with van der Waals surface area (Å²) in [6, 6.07) is 0. The van der Waals surface area contributed by atoms with Crippen molar-refractivity contribution < 1.29 is 18.3 Å². The minimum absolute atomic E-state index is 0.313. The minimum atomic E-state index is -2.86. The van der Waals surface area contributed by atoms with Crippen molar-refractivity contribution in [3.63, 3.8) is 0 Å². The molecule has 1 aliphatic heterocycles. The van der Waals surface area contributed by atoms with E-state index in [2.05, 4.69) is 9.05 Å². The van der Waals surface area contributed by atoms with E-state index >= 15 is 0 Å². The third-order valence-corrected chi connectivity index (χ3v) is 3.20. The summed E-state index contributed by atoms with van der Waals surface area (Å²) in [4.78, 5) is 0. The van der Waals surface area contributed by atoms with Gasteiger partial charge in [-0.2, -0.15) is 0 Å². The van der Waals surface area contributed by atoms with E-state index in [0.717, 1.165) is 0 Å². The van der Waals surface area contributed by atoms with E-state index in [4.69, 9.17) is 4.74 Å². The van der Waals surface area contributed by atoms with Crippen molar-refractivity contribution >= 4 is 7.60 Å². The average molecular weight is 152 g/mol. The molecule has 1 aliphatic rings. The number of epoxide rings is 1. The summed E-state index contributed by atoms with van der Waals surface area (Å²) >= 11 is 0. The second-order valence-corrected chi connectivity index (χ2v) is 4.08. The fourth-order valence-corrected chi connectivity index (χ4v) is 1.61. The maximum Gasteiger partial charge on any atom is 0.361 e. The van der Waals surface area contributed by atoms with Gasteiger partial charge in [-0.05, 0) is 0 Å². The van der Waals surface area contributed by atoms with Crippen molar-refractivity contribution in [2.75, 3.05) is 20.8 Å². The van der Waals surface area contributed by atoms with Crippen molar-refractivity contribution in [1.29, 1.82) is 0 Å². The number of hydrogen-bond acceptors (Lipinski definition) is 4. The Bertz CT molecular complexity index is 134. The molecule has 0 aromatic carbocycles. The van der Waals surface area contributed by atoms with Crippen LogP contribution >= 0.6 is 7.60 Å². The molecule has 1 fully saturated rings. The largest absolute Gasteiger partial charge is 0.361 e. The van der Waals surface area contributed by atoms with Crippen LogP contribution in [-0.2, 0) is 18.3 Å². The Labute approximate surface area is 53.6 Å². The van der Waals surface area contributed by atoms with Crippen molar-refractivity contribution in [1.82, 2.24) is 0 Å². The zero-order valence-electron chi connectivity index (χ0n) is 5.36. The van der Waals surface area contributed by atoms with Crippen LogP contribution in [-0.4, -0.2) is 26.7 Å². The van der Waals surface area contributed by atoms with Crippen LogP contribution in [0.15, 0.2) is 0 Å². The van der Waals surface area contributed by atoms with Gasteiger partial charge in [0.25, 0.3) is 0 Å². The van der Waals surface area contributed by atoms with Crippen molar-refractivity contribution in [3.8, 4) is 0 Å². The molecule has 54 valence electrons. The normalized spacial score (nSPS) is 26.2. The first-order valence-electron chi connectivity index (χ1n) is 2.56. The maximum absolute atomic E-state index is 11.1. The van der Waals surface area contributed by atoms with Gasteiger partial charge in [-0.15, -0.1) is 0 Å². The maximum atomic E-state index is 11.1. The van der Waals surface area contributed by atoms with Gasteiger partial charge in [0.1, 0.15) is 0 Å². The number of ether oxygens (including phenoxy) is 1. The Morgan fingerprint density at radius 2 is 2.00 bits per heavy atom. The topological polar surface area (TPSA) is 48.1 Å². The molecule has 0 spiro atoms. The van der Waals surface area contributed by atoms with E-state index in [1.165, 1.54) is 14.2 Å². The lowest BCUT2D eigenvalue weighted by Gasteiger charge is -2.08. The SMILES string of the molecule is COP(=O)(OC)C1CO1. The predicted molar refractivity (Wildman–Crippen MR) is 31.4 cm³/mol. The van der Waals surface area contributed by atoms with Gasteiger partial charge in [0.2, 0.25) is 0 Å². The van der Waals surface area contributed by atoms with Crippen LogP contribution in [0.5, 0.6) is 0 Å². The molecule has 0 radical (unpaired) electrons. The first-order chi connectivity index (χ1) is 4.23. The highest BCUT2D eigenvalue weighted by molar-refractivity contribution is 7.54. The van der Waals surface area contributed by atoms with Gasteiger partial charge >= 0.3 is 7.60 Å². The van der Waals surface area contributed by atoms with Gasteiger partial charge in [-0.3, -0.25) is 4.57 Å². The lowest BCUT2D eigenvalue weighted by molar-refractivity contribution is 0.258. The number of hydrogen-bond donors (Lipinski definition) is 0. The summed E-state index contributed by atoms with van der Waals surface area (Å²) in [5, 5.41) is 0. The van der Waals surface area contributed by atoms with Crippen LogP contribution in [0.3, 0.4) is 0 Å². The van der Waals surface area contributed by atoms with Gasteiger partial charge < -0.3 is 13.8 Å². The Balaban J connectivity index is 2.54. The molecule has 0 aromatic rings. The molecule has 1 rings (SSSR count). The molecule has 0 saturated carbocycles. The molecule has 1 unspecified atom stereocenters. The Kier molecular flexibility index (Phi) is 1.91. The fourth-order valence-electron chi connectivity index (χ4n) is 0.535. The quantitative estimate of drug-likeness (QED) is 0.444. The molecule has 4 nitrogen and oxygen atoms in total. The van der Waals surface area contributed by atoms with Gasteiger partial charge in [0, 0.05) is 14.2 Å². The molecular formula is C4H9O4P. The van der Waals surface area contributed by atoms with Crippen LogP contribution in [0, 0.1) is 0 Å². The van der Waals surface area contributed by atoms with Gasteiger partial charge in [-0.25, -0.2) is 0 Å². The van der Waals surface area contributed by atoms with E-state index in [-0.39, 0.29) is 5.85 Å². The van der Waals surface area contributed by atoms with Crippen molar-refractivity contribution in [3.05, 3.63) is 0 Å². The monoisotopic (exact) mass is 152 g/mol. The summed E-state index contributed by atoms with van der Waals surface area (Å²) in [5.41, 5.74) is 0. The molecule has 1 atom stereocenters. The van der Waals surface area contributed by atoms with Crippen LogP contribution in [0.4, 0.5) is 0 Å². The molecule has 1 saturated heterocycles. The summed E-state index contributed by atoms with van der Waals surface area (Å²) < 4.78 is 25.1. The van der Waals surface area contributed by atoms with Crippen molar-refractivity contribution in [2.24, 2.45) is 0 Å². The third-order valence-electron chi connectivity index (χ3n) is 1.18. The van der Waals surface area contributed by atoms with Crippen molar-refractivity contribution in [2.45, 2.75) is 5.85 Å². The Morgan fingerprint density at radius 3 is 2.11 bits per heavy atom. The lowest BCUT2D eigenvalue weighted by Crippen LogP contribution is -1.94. The zero-order valence-corrected chi connectivity index (χ0v) is 6.26. The minimum Gasteiger partial charge on any atom is -0.360 e. The van der Waals surface area contributed by atoms with E-state index in [0.29, 0.717) is 6.61 Å². The van der Waals surface area contributed by atoms with E-state index in [1.54, 1.807) is 0 Å². The smallest absolute Gasteiger partial charge is 0.360 e. The predicted octanol–water partition coefficient (Wildman–Crippen LogP) is 0.829. The van der Waals surface area contributed by atoms with Gasteiger partial charge in [0.05, 0.1) is 6.61 Å². The highest BCUT2D eigenvalue weighted by atomic mass is 31.2. The second-order valence-electron chi connectivity index (χ2n) is 1.69. The van der Waals surface area contributed by atoms with Gasteiger partial charge in [-0.1, -0.05) is 0 Å². The van der Waals surface area contributed by atoms with Crippen LogP contribution in [0.1, 0.15) is 0 Å². The molecular weight excluding hydrogens is 143 g/mol. The summed E-state index contributed by atoms with van der Waals surface area (Å²) in [6.07, 6.45) is 0. The Morgan fingerprint density at radius 1 is 1.56 bits per heavy atom. The molecule has 1 heterocycles. The summed E-state index contributed by atoms with van der Waals surface area (Å²) in [7, 11) is -0.158. The van der Waals surface area contributed by atoms with Crippen LogP contribution in [0.2, 0.25) is 0 Å². The highest BCUT2D eigenvalue weighted by Gasteiger charge is 2.44. The highest BCUT2D eigenvalue weighted by Crippen LogP contribution is 2.56. The van der Waals surface area contributed by atoms with Gasteiger partial charge in [0.15, 0.2) is 5.85 Å². The molecule has 0 aliphatic carbocycles. The van der Waals surface area contributed by atoms with E-state index in [1.807, 2.05) is 0 Å². The summed E-state index contributed by atoms with van der Waals surface area (Å²) in [5.74, 6) is -0.313. The zero-order chi connectivity index (χ0) is 6.91. The first-order valence-corrected chi connectivity index (χ1v) is 4.17. The van der Waals surface area contributed by atoms with Crippen LogP contribution in [0.25, 0.3) is 0 Å². The standard InChI is InChI=1S/C4H9O4P/c1-6-9(5,7-2)4-3-8-4/h4H,3H2,1-2H3. The molecule has 0 N–H and O–H groups in total. The molecule has 9 heavy (non-hydrogen) atoms. The second kappa shape index (κ2) is 2.39. The first kappa shape index (κ1) is 7.22. The number of rotatable bonds is 3.